The maximum absolute atomic E-state index is 12.8. The average Bonchev–Trinajstić information content (AvgIpc) is 2.69. The summed E-state index contributed by atoms with van der Waals surface area (Å²) >= 11 is 0. The second-order valence-electron chi connectivity index (χ2n) is 6.90. The summed E-state index contributed by atoms with van der Waals surface area (Å²) in [6.07, 6.45) is 5.87. The molecular weight excluding hydrogens is 389 g/mol. The predicted octanol–water partition coefficient (Wildman–Crippen LogP) is 1.74. The van der Waals surface area contributed by atoms with Crippen molar-refractivity contribution < 1.29 is 9.53 Å². The molecule has 0 spiro atoms. The number of nitrogens with one attached hydrogen (secondary N) is 2. The molecule has 1 amide bonds. The predicted molar refractivity (Wildman–Crippen MR) is 111 cm³/mol. The lowest BCUT2D eigenvalue weighted by Crippen LogP contribution is -2.57. The number of nitrogens with zero attached hydrogens (tertiary/aromatic N) is 3. The third kappa shape index (κ3) is 5.67. The van der Waals surface area contributed by atoms with Crippen LogP contribution < -0.4 is 15.5 Å². The monoisotopic (exact) mass is 419 g/mol. The summed E-state index contributed by atoms with van der Waals surface area (Å²) in [6, 6.07) is 2.27. The molecular formula is C18H31Cl2N5O2. The minimum absolute atomic E-state index is 0. The van der Waals surface area contributed by atoms with Crippen LogP contribution in [0.15, 0.2) is 12.4 Å². The molecule has 1 aromatic rings. The van der Waals surface area contributed by atoms with Gasteiger partial charge >= 0.3 is 0 Å². The number of anilines is 1. The summed E-state index contributed by atoms with van der Waals surface area (Å²) in [5.74, 6) is 1.04. The fraction of sp³-hybridized carbons (Fsp3) is 0.722. The van der Waals surface area contributed by atoms with Crippen LogP contribution in [0.4, 0.5) is 5.82 Å². The summed E-state index contributed by atoms with van der Waals surface area (Å²) in [6.45, 7) is 5.54. The largest absolute Gasteiger partial charge is 0.368 e. The number of aromatic nitrogens is 2. The number of amides is 1. The Kier molecular flexibility index (Phi) is 9.73. The van der Waals surface area contributed by atoms with E-state index in [1.165, 1.54) is 0 Å². The molecule has 0 radical (unpaired) electrons. The quantitative estimate of drug-likeness (QED) is 0.756. The van der Waals surface area contributed by atoms with E-state index in [9.17, 15) is 4.79 Å². The molecule has 0 aliphatic carbocycles. The van der Waals surface area contributed by atoms with Crippen molar-refractivity contribution in [3.05, 3.63) is 18.1 Å². The van der Waals surface area contributed by atoms with Crippen LogP contribution in [0.3, 0.4) is 0 Å². The standard InChI is InChI=1S/C18H29N5O2.2ClH/c1-3-14-12-16(21-13-20-14)23-10-4-15(5-11-23)22-17(24)18(25-2)6-8-19-9-7-18;;/h12-13,15,19H,3-11H2,1-2H3,(H,22,24);2*1H. The van der Waals surface area contributed by atoms with Crippen molar-refractivity contribution in [2.24, 2.45) is 0 Å². The minimum atomic E-state index is -0.662. The molecule has 2 aliphatic rings. The van der Waals surface area contributed by atoms with Crippen LogP contribution >= 0.6 is 24.8 Å². The van der Waals surface area contributed by atoms with Gasteiger partial charge in [-0.15, -0.1) is 24.8 Å². The van der Waals surface area contributed by atoms with E-state index in [2.05, 4.69) is 38.5 Å². The topological polar surface area (TPSA) is 79.4 Å². The molecule has 9 heteroatoms. The van der Waals surface area contributed by atoms with Crippen LogP contribution in [-0.2, 0) is 16.0 Å². The van der Waals surface area contributed by atoms with Gasteiger partial charge in [0.15, 0.2) is 0 Å². The van der Waals surface area contributed by atoms with Gasteiger partial charge in [0, 0.05) is 38.0 Å². The molecule has 0 unspecified atom stereocenters. The van der Waals surface area contributed by atoms with Crippen molar-refractivity contribution in [3.63, 3.8) is 0 Å². The Balaban J connectivity index is 0.00000182. The van der Waals surface area contributed by atoms with E-state index >= 15 is 0 Å². The SMILES string of the molecule is CCc1cc(N2CCC(NC(=O)C3(OC)CCNCC3)CC2)ncn1.Cl.Cl. The van der Waals surface area contributed by atoms with E-state index in [0.29, 0.717) is 0 Å². The number of hydrogen-bond acceptors (Lipinski definition) is 6. The number of hydrogen-bond donors (Lipinski definition) is 2. The molecule has 0 atom stereocenters. The third-order valence-electron chi connectivity index (χ3n) is 5.44. The lowest BCUT2D eigenvalue weighted by Gasteiger charge is -2.38. The highest BCUT2D eigenvalue weighted by Gasteiger charge is 2.40. The molecule has 2 N–H and O–H groups in total. The Morgan fingerprint density at radius 1 is 1.30 bits per heavy atom. The van der Waals surface area contributed by atoms with E-state index in [0.717, 1.165) is 69.8 Å². The first-order valence-corrected chi connectivity index (χ1v) is 9.29. The zero-order valence-corrected chi connectivity index (χ0v) is 17.7. The van der Waals surface area contributed by atoms with Gasteiger partial charge in [0.1, 0.15) is 17.7 Å². The fourth-order valence-electron chi connectivity index (χ4n) is 3.68. The van der Waals surface area contributed by atoms with Crippen molar-refractivity contribution in [2.75, 3.05) is 38.2 Å². The van der Waals surface area contributed by atoms with Crippen LogP contribution in [0.5, 0.6) is 0 Å². The Morgan fingerprint density at radius 3 is 2.56 bits per heavy atom. The average molecular weight is 420 g/mol. The van der Waals surface area contributed by atoms with Crippen LogP contribution in [0, 0.1) is 0 Å². The van der Waals surface area contributed by atoms with E-state index < -0.39 is 5.60 Å². The number of carbonyl (C=O) groups is 1. The molecule has 0 aromatic carbocycles. The highest BCUT2D eigenvalue weighted by atomic mass is 35.5. The molecule has 27 heavy (non-hydrogen) atoms. The first-order chi connectivity index (χ1) is 12.2. The number of piperidine rings is 2. The first kappa shape index (κ1) is 23.9. The van der Waals surface area contributed by atoms with Gasteiger partial charge in [-0.1, -0.05) is 6.92 Å². The van der Waals surface area contributed by atoms with Gasteiger partial charge in [-0.3, -0.25) is 4.79 Å². The van der Waals surface area contributed by atoms with Gasteiger partial charge in [-0.25, -0.2) is 9.97 Å². The maximum atomic E-state index is 12.8. The lowest BCUT2D eigenvalue weighted by atomic mass is 9.90. The van der Waals surface area contributed by atoms with Crippen LogP contribution in [-0.4, -0.2) is 60.8 Å². The van der Waals surface area contributed by atoms with Crippen molar-refractivity contribution in [1.29, 1.82) is 0 Å². The Morgan fingerprint density at radius 2 is 1.96 bits per heavy atom. The number of halogens is 2. The van der Waals surface area contributed by atoms with Crippen molar-refractivity contribution in [1.82, 2.24) is 20.6 Å². The Bertz CT molecular complexity index is 591. The van der Waals surface area contributed by atoms with Gasteiger partial charge in [0.25, 0.3) is 5.91 Å². The van der Waals surface area contributed by atoms with Crippen LogP contribution in [0.2, 0.25) is 0 Å². The Hall–Kier alpha value is -1.15. The molecule has 0 bridgehead atoms. The molecule has 3 rings (SSSR count). The Labute approximate surface area is 173 Å². The van der Waals surface area contributed by atoms with Crippen LogP contribution in [0.1, 0.15) is 38.3 Å². The summed E-state index contributed by atoms with van der Waals surface area (Å²) in [7, 11) is 1.65. The van der Waals surface area contributed by atoms with Crippen LogP contribution in [0.25, 0.3) is 0 Å². The zero-order chi connectivity index (χ0) is 17.7. The highest BCUT2D eigenvalue weighted by Crippen LogP contribution is 2.24. The van der Waals surface area contributed by atoms with Gasteiger partial charge in [0.05, 0.1) is 0 Å². The van der Waals surface area contributed by atoms with Crippen molar-refractivity contribution >= 4 is 36.5 Å². The zero-order valence-electron chi connectivity index (χ0n) is 16.1. The highest BCUT2D eigenvalue weighted by molar-refractivity contribution is 5.86. The number of ether oxygens (including phenoxy) is 1. The van der Waals surface area contributed by atoms with Crippen molar-refractivity contribution in [3.8, 4) is 0 Å². The van der Waals surface area contributed by atoms with Gasteiger partial charge < -0.3 is 20.3 Å². The molecule has 0 saturated carbocycles. The van der Waals surface area contributed by atoms with E-state index in [-0.39, 0.29) is 36.8 Å². The molecule has 2 aliphatic heterocycles. The summed E-state index contributed by atoms with van der Waals surface area (Å²) < 4.78 is 5.62. The van der Waals surface area contributed by atoms with E-state index in [1.54, 1.807) is 13.4 Å². The molecule has 1 aromatic heterocycles. The molecule has 7 nitrogen and oxygen atoms in total. The van der Waals surface area contributed by atoms with Gasteiger partial charge in [0.2, 0.25) is 0 Å². The molecule has 154 valence electrons. The van der Waals surface area contributed by atoms with Crippen molar-refractivity contribution in [2.45, 2.75) is 50.7 Å². The molecule has 2 saturated heterocycles. The number of rotatable bonds is 5. The second-order valence-corrected chi connectivity index (χ2v) is 6.90. The first-order valence-electron chi connectivity index (χ1n) is 9.29. The third-order valence-corrected chi connectivity index (χ3v) is 5.44. The normalized spacial score (nSPS) is 19.6. The van der Waals surface area contributed by atoms with Gasteiger partial charge in [-0.05, 0) is 45.2 Å². The maximum Gasteiger partial charge on any atom is 0.252 e. The summed E-state index contributed by atoms with van der Waals surface area (Å²) in [4.78, 5) is 23.7. The summed E-state index contributed by atoms with van der Waals surface area (Å²) in [5.41, 5.74) is 0.402. The smallest absolute Gasteiger partial charge is 0.252 e. The number of aryl methyl sites for hydroxylation is 1. The van der Waals surface area contributed by atoms with E-state index in [1.807, 2.05) is 0 Å². The minimum Gasteiger partial charge on any atom is -0.368 e. The summed E-state index contributed by atoms with van der Waals surface area (Å²) in [5, 5.41) is 6.51. The number of carbonyl (C=O) groups excluding carboxylic acids is 1. The second kappa shape index (κ2) is 11.0. The molecule has 3 heterocycles. The number of methoxy groups -OCH3 is 1. The van der Waals surface area contributed by atoms with Gasteiger partial charge in [-0.2, -0.15) is 0 Å². The molecule has 2 fully saturated rings. The lowest BCUT2D eigenvalue weighted by molar-refractivity contribution is -0.147. The van der Waals surface area contributed by atoms with E-state index in [4.69, 9.17) is 4.74 Å². The fourth-order valence-corrected chi connectivity index (χ4v) is 3.68.